The number of fused-ring (bicyclic) bond motifs is 2. The van der Waals surface area contributed by atoms with E-state index in [9.17, 15) is 4.79 Å². The highest BCUT2D eigenvalue weighted by atomic mass is 16.2. The summed E-state index contributed by atoms with van der Waals surface area (Å²) in [7, 11) is 0. The molecule has 0 atom stereocenters. The molecule has 0 radical (unpaired) electrons. The first-order valence-corrected chi connectivity index (χ1v) is 11.7. The maximum Gasteiger partial charge on any atom is 0.323 e. The predicted octanol–water partition coefficient (Wildman–Crippen LogP) is 7.76. The van der Waals surface area contributed by atoms with Crippen LogP contribution in [0.1, 0.15) is 0 Å². The molecular formula is C31H22N4O. The molecule has 0 saturated heterocycles. The predicted molar refractivity (Wildman–Crippen MR) is 147 cm³/mol. The van der Waals surface area contributed by atoms with Gasteiger partial charge in [0.1, 0.15) is 0 Å². The molecular weight excluding hydrogens is 444 g/mol. The van der Waals surface area contributed by atoms with Gasteiger partial charge in [0.15, 0.2) is 0 Å². The normalized spacial score (nSPS) is 10.9. The lowest BCUT2D eigenvalue weighted by atomic mass is 10.0. The number of carbonyl (C=O) groups is 1. The minimum atomic E-state index is -0.318. The van der Waals surface area contributed by atoms with Gasteiger partial charge in [-0.15, -0.1) is 0 Å². The van der Waals surface area contributed by atoms with Crippen molar-refractivity contribution in [2.45, 2.75) is 0 Å². The lowest BCUT2D eigenvalue weighted by molar-refractivity contribution is 0.262. The number of urea groups is 1. The standard InChI is InChI=1S/C31H22N4O/c36-31(32-25-16-15-21-9-7-8-14-24(21)19-25)33-26-17-18-27-28(20-26)35-30(23-12-5-2-6-13-23)29(34-27)22-10-3-1-4-11-22/h1-20H,(H2,32,33,36). The average molecular weight is 467 g/mol. The zero-order valence-corrected chi connectivity index (χ0v) is 19.3. The van der Waals surface area contributed by atoms with E-state index >= 15 is 0 Å². The molecule has 5 aromatic carbocycles. The summed E-state index contributed by atoms with van der Waals surface area (Å²) >= 11 is 0. The second-order valence-electron chi connectivity index (χ2n) is 8.50. The smallest absolute Gasteiger partial charge is 0.308 e. The molecule has 6 aromatic rings. The number of rotatable bonds is 4. The molecule has 0 spiro atoms. The quantitative estimate of drug-likeness (QED) is 0.279. The first-order valence-electron chi connectivity index (χ1n) is 11.7. The van der Waals surface area contributed by atoms with Gasteiger partial charge >= 0.3 is 6.03 Å². The molecule has 2 amide bonds. The molecule has 0 unspecified atom stereocenters. The van der Waals surface area contributed by atoms with Crippen molar-refractivity contribution in [2.75, 3.05) is 10.6 Å². The summed E-state index contributed by atoms with van der Waals surface area (Å²) in [6.07, 6.45) is 0. The summed E-state index contributed by atoms with van der Waals surface area (Å²) in [4.78, 5) is 22.6. The second-order valence-corrected chi connectivity index (χ2v) is 8.50. The molecule has 5 heteroatoms. The van der Waals surface area contributed by atoms with Crippen molar-refractivity contribution in [3.05, 3.63) is 121 Å². The molecule has 2 N–H and O–H groups in total. The lowest BCUT2D eigenvalue weighted by Gasteiger charge is -2.12. The lowest BCUT2D eigenvalue weighted by Crippen LogP contribution is -2.19. The highest BCUT2D eigenvalue weighted by Crippen LogP contribution is 2.31. The zero-order valence-electron chi connectivity index (χ0n) is 19.3. The van der Waals surface area contributed by atoms with Gasteiger partial charge in [0.05, 0.1) is 22.4 Å². The molecule has 1 aromatic heterocycles. The Balaban J connectivity index is 1.32. The van der Waals surface area contributed by atoms with Crippen molar-refractivity contribution in [1.82, 2.24) is 9.97 Å². The molecule has 1 heterocycles. The van der Waals surface area contributed by atoms with Crippen molar-refractivity contribution in [1.29, 1.82) is 0 Å². The average Bonchev–Trinajstić information content (AvgIpc) is 2.93. The fraction of sp³-hybridized carbons (Fsp3) is 0. The van der Waals surface area contributed by atoms with Gasteiger partial charge in [-0.05, 0) is 41.1 Å². The van der Waals surface area contributed by atoms with E-state index in [4.69, 9.17) is 9.97 Å². The molecule has 5 nitrogen and oxygen atoms in total. The maximum absolute atomic E-state index is 12.7. The van der Waals surface area contributed by atoms with Gasteiger partial charge in [-0.1, -0.05) is 91.0 Å². The zero-order chi connectivity index (χ0) is 24.3. The van der Waals surface area contributed by atoms with E-state index in [0.717, 1.165) is 44.5 Å². The van der Waals surface area contributed by atoms with E-state index in [0.29, 0.717) is 11.2 Å². The highest BCUT2D eigenvalue weighted by Gasteiger charge is 2.14. The number of nitrogens with one attached hydrogen (secondary N) is 2. The second kappa shape index (κ2) is 9.31. The maximum atomic E-state index is 12.7. The van der Waals surface area contributed by atoms with Gasteiger partial charge in [-0.2, -0.15) is 0 Å². The number of nitrogens with zero attached hydrogens (tertiary/aromatic N) is 2. The van der Waals surface area contributed by atoms with E-state index < -0.39 is 0 Å². The van der Waals surface area contributed by atoms with E-state index in [1.165, 1.54) is 0 Å². The van der Waals surface area contributed by atoms with Crippen molar-refractivity contribution < 1.29 is 4.79 Å². The molecule has 0 aliphatic rings. The minimum absolute atomic E-state index is 0.318. The van der Waals surface area contributed by atoms with Crippen molar-refractivity contribution in [3.8, 4) is 22.5 Å². The molecule has 0 fully saturated rings. The van der Waals surface area contributed by atoms with Crippen LogP contribution in [0.4, 0.5) is 16.2 Å². The van der Waals surface area contributed by atoms with Gasteiger partial charge < -0.3 is 10.6 Å². The van der Waals surface area contributed by atoms with Crippen molar-refractivity contribution in [3.63, 3.8) is 0 Å². The minimum Gasteiger partial charge on any atom is -0.308 e. The third kappa shape index (κ3) is 4.38. The summed E-state index contributed by atoms with van der Waals surface area (Å²) in [6.45, 7) is 0. The Labute approximate surface area is 208 Å². The highest BCUT2D eigenvalue weighted by molar-refractivity contribution is 6.02. The number of amides is 2. The fourth-order valence-corrected chi connectivity index (χ4v) is 4.29. The van der Waals surface area contributed by atoms with Crippen LogP contribution in [0.15, 0.2) is 121 Å². The third-order valence-electron chi connectivity index (χ3n) is 6.02. The van der Waals surface area contributed by atoms with Gasteiger partial charge in [-0.25, -0.2) is 14.8 Å². The Kier molecular flexibility index (Phi) is 5.56. The Morgan fingerprint density at radius 3 is 1.69 bits per heavy atom. The van der Waals surface area contributed by atoms with Crippen molar-refractivity contribution >= 4 is 39.2 Å². The summed E-state index contributed by atoms with van der Waals surface area (Å²) in [5.41, 5.74) is 6.44. The number of hydrogen-bond donors (Lipinski definition) is 2. The number of aromatic nitrogens is 2. The third-order valence-corrected chi connectivity index (χ3v) is 6.02. The van der Waals surface area contributed by atoms with E-state index in [-0.39, 0.29) is 6.03 Å². The van der Waals surface area contributed by atoms with Gasteiger partial charge in [-0.3, -0.25) is 0 Å². The molecule has 36 heavy (non-hydrogen) atoms. The van der Waals surface area contributed by atoms with Crippen LogP contribution in [0.3, 0.4) is 0 Å². The molecule has 6 rings (SSSR count). The van der Waals surface area contributed by atoms with Crippen LogP contribution >= 0.6 is 0 Å². The summed E-state index contributed by atoms with van der Waals surface area (Å²) in [5.74, 6) is 0. The van der Waals surface area contributed by atoms with Gasteiger partial charge in [0.25, 0.3) is 0 Å². The molecule has 0 aliphatic carbocycles. The summed E-state index contributed by atoms with van der Waals surface area (Å²) in [6, 6.07) is 39.2. The summed E-state index contributed by atoms with van der Waals surface area (Å²) < 4.78 is 0. The van der Waals surface area contributed by atoms with E-state index in [2.05, 4.69) is 10.6 Å². The molecule has 0 aliphatic heterocycles. The first kappa shape index (κ1) is 21.5. The largest absolute Gasteiger partial charge is 0.323 e. The Hall–Kier alpha value is -5.03. The van der Waals surface area contributed by atoms with Crippen LogP contribution in [0.5, 0.6) is 0 Å². The Bertz CT molecular complexity index is 1700. The van der Waals surface area contributed by atoms with Crippen molar-refractivity contribution in [2.24, 2.45) is 0 Å². The summed E-state index contributed by atoms with van der Waals surface area (Å²) in [5, 5.41) is 8.02. The Morgan fingerprint density at radius 1 is 0.500 bits per heavy atom. The number of benzene rings is 5. The van der Waals surface area contributed by atoms with Crippen LogP contribution in [0.2, 0.25) is 0 Å². The first-order chi connectivity index (χ1) is 17.7. The van der Waals surface area contributed by atoms with E-state index in [1.54, 1.807) is 0 Å². The van der Waals surface area contributed by atoms with Gasteiger partial charge in [0, 0.05) is 22.5 Å². The number of carbonyl (C=O) groups excluding carboxylic acids is 1. The SMILES string of the molecule is O=C(Nc1ccc2ccccc2c1)Nc1ccc2nc(-c3ccccc3)c(-c3ccccc3)nc2c1. The van der Waals surface area contributed by atoms with Crippen LogP contribution in [-0.4, -0.2) is 16.0 Å². The molecule has 172 valence electrons. The van der Waals surface area contributed by atoms with E-state index in [1.807, 2.05) is 121 Å². The van der Waals surface area contributed by atoms with Gasteiger partial charge in [0.2, 0.25) is 0 Å². The van der Waals surface area contributed by atoms with Crippen LogP contribution in [0, 0.1) is 0 Å². The molecule has 0 bridgehead atoms. The Morgan fingerprint density at radius 2 is 1.03 bits per heavy atom. The fourth-order valence-electron chi connectivity index (χ4n) is 4.29. The number of hydrogen-bond acceptors (Lipinski definition) is 3. The molecule has 0 saturated carbocycles. The van der Waals surface area contributed by atoms with Crippen LogP contribution < -0.4 is 10.6 Å². The topological polar surface area (TPSA) is 66.9 Å². The monoisotopic (exact) mass is 466 g/mol. The van der Waals surface area contributed by atoms with Crippen LogP contribution in [-0.2, 0) is 0 Å². The van der Waals surface area contributed by atoms with Crippen LogP contribution in [0.25, 0.3) is 44.3 Å². The number of anilines is 2.